The summed E-state index contributed by atoms with van der Waals surface area (Å²) in [5.41, 5.74) is 4.80. The Morgan fingerprint density at radius 2 is 1.84 bits per heavy atom. The summed E-state index contributed by atoms with van der Waals surface area (Å²) in [5.74, 6) is -0.0473. The number of methoxy groups -OCH3 is 1. The second kappa shape index (κ2) is 10.4. The van der Waals surface area contributed by atoms with Crippen molar-refractivity contribution in [3.05, 3.63) is 86.4 Å². The molecule has 6 nitrogen and oxygen atoms in total. The van der Waals surface area contributed by atoms with Crippen LogP contribution in [0.3, 0.4) is 0 Å². The lowest BCUT2D eigenvalue weighted by atomic mass is 10.2. The van der Waals surface area contributed by atoms with Gasteiger partial charge in [0.05, 0.1) is 29.6 Å². The van der Waals surface area contributed by atoms with Crippen LogP contribution in [0, 0.1) is 0 Å². The number of hydrogen-bond donors (Lipinski definition) is 2. The Labute approximate surface area is 194 Å². The van der Waals surface area contributed by atoms with Crippen molar-refractivity contribution in [3.63, 3.8) is 0 Å². The van der Waals surface area contributed by atoms with E-state index in [2.05, 4.69) is 10.5 Å². The summed E-state index contributed by atoms with van der Waals surface area (Å²) in [5, 5.41) is 14.5. The van der Waals surface area contributed by atoms with Gasteiger partial charge in [-0.3, -0.25) is 5.43 Å². The second-order valence-corrected chi connectivity index (χ2v) is 7.56. The largest absolute Gasteiger partial charge is 0.493 e. The molecule has 3 aromatic carbocycles. The number of nitrogens with zero attached hydrogens (tertiary/aromatic N) is 1. The van der Waals surface area contributed by atoms with Gasteiger partial charge in [-0.2, -0.15) is 5.10 Å². The van der Waals surface area contributed by atoms with Crippen LogP contribution in [0.15, 0.2) is 59.7 Å². The van der Waals surface area contributed by atoms with E-state index in [9.17, 15) is 4.79 Å². The van der Waals surface area contributed by atoms with E-state index < -0.39 is 5.97 Å². The van der Waals surface area contributed by atoms with E-state index in [-0.39, 0.29) is 17.2 Å². The van der Waals surface area contributed by atoms with Crippen molar-refractivity contribution in [1.82, 2.24) is 0 Å². The Balaban J connectivity index is 1.68. The maximum atomic E-state index is 11.2. The van der Waals surface area contributed by atoms with Gasteiger partial charge < -0.3 is 14.6 Å². The summed E-state index contributed by atoms with van der Waals surface area (Å²) in [7, 11) is 1.54. The zero-order valence-electron chi connectivity index (χ0n) is 16.2. The SMILES string of the molecule is COc1cc(/C=N/Nc2ccc(Cl)c(C(=O)O)c2)ccc1OCc1ccc(Cl)cc1Cl. The van der Waals surface area contributed by atoms with Gasteiger partial charge in [-0.05, 0) is 54.1 Å². The molecule has 0 bridgehead atoms. The summed E-state index contributed by atoms with van der Waals surface area (Å²) in [6.45, 7) is 0.254. The van der Waals surface area contributed by atoms with E-state index in [0.29, 0.717) is 27.2 Å². The molecule has 2 N–H and O–H groups in total. The molecule has 0 saturated heterocycles. The number of hydrogen-bond acceptors (Lipinski definition) is 5. The molecule has 0 heterocycles. The number of carbonyl (C=O) groups is 1. The lowest BCUT2D eigenvalue weighted by Crippen LogP contribution is -2.00. The molecule has 0 saturated carbocycles. The molecule has 0 fully saturated rings. The van der Waals surface area contributed by atoms with Gasteiger partial charge in [0.15, 0.2) is 11.5 Å². The molecule has 0 aliphatic carbocycles. The molecule has 0 spiro atoms. The first-order valence-corrected chi connectivity index (χ1v) is 10.1. The third-order valence-corrected chi connectivity index (χ3v) is 5.11. The van der Waals surface area contributed by atoms with E-state index in [1.54, 1.807) is 48.7 Å². The fourth-order valence-electron chi connectivity index (χ4n) is 2.62. The molecule has 0 amide bonds. The van der Waals surface area contributed by atoms with Crippen LogP contribution in [-0.4, -0.2) is 24.4 Å². The molecular weight excluding hydrogens is 463 g/mol. The number of carboxylic acids is 1. The molecule has 3 aromatic rings. The first-order valence-electron chi connectivity index (χ1n) is 8.94. The van der Waals surface area contributed by atoms with E-state index >= 15 is 0 Å². The number of rotatable bonds is 8. The molecule has 31 heavy (non-hydrogen) atoms. The van der Waals surface area contributed by atoms with Crippen molar-refractivity contribution in [3.8, 4) is 11.5 Å². The highest BCUT2D eigenvalue weighted by atomic mass is 35.5. The minimum Gasteiger partial charge on any atom is -0.493 e. The van der Waals surface area contributed by atoms with E-state index in [1.807, 2.05) is 0 Å². The number of aromatic carboxylic acids is 1. The Morgan fingerprint density at radius 1 is 1.03 bits per heavy atom. The predicted octanol–water partition coefficient (Wildman–Crippen LogP) is 6.38. The van der Waals surface area contributed by atoms with Crippen LogP contribution in [0.4, 0.5) is 5.69 Å². The summed E-state index contributed by atoms with van der Waals surface area (Å²) in [6, 6.07) is 15.1. The number of carboxylic acid groups (broad SMARTS) is 1. The zero-order chi connectivity index (χ0) is 22.4. The summed E-state index contributed by atoms with van der Waals surface area (Å²) >= 11 is 18.0. The van der Waals surface area contributed by atoms with Crippen LogP contribution < -0.4 is 14.9 Å². The molecule has 0 atom stereocenters. The number of halogens is 3. The van der Waals surface area contributed by atoms with Crippen LogP contribution in [0.5, 0.6) is 11.5 Å². The zero-order valence-corrected chi connectivity index (χ0v) is 18.5. The second-order valence-electron chi connectivity index (χ2n) is 6.30. The van der Waals surface area contributed by atoms with E-state index in [4.69, 9.17) is 49.4 Å². The van der Waals surface area contributed by atoms with Crippen molar-refractivity contribution < 1.29 is 19.4 Å². The van der Waals surface area contributed by atoms with Gasteiger partial charge in [-0.25, -0.2) is 4.79 Å². The number of hydrazone groups is 1. The van der Waals surface area contributed by atoms with Crippen LogP contribution >= 0.6 is 34.8 Å². The molecule has 0 aliphatic rings. The Kier molecular flexibility index (Phi) is 7.63. The average molecular weight is 480 g/mol. The van der Waals surface area contributed by atoms with E-state index in [0.717, 1.165) is 11.1 Å². The normalized spacial score (nSPS) is 10.8. The molecule has 0 unspecified atom stereocenters. The van der Waals surface area contributed by atoms with Gasteiger partial charge in [0, 0.05) is 15.6 Å². The smallest absolute Gasteiger partial charge is 0.337 e. The minimum absolute atomic E-state index is 0.00849. The number of nitrogens with one attached hydrogen (secondary N) is 1. The highest BCUT2D eigenvalue weighted by Gasteiger charge is 2.10. The van der Waals surface area contributed by atoms with Crippen molar-refractivity contribution in [2.24, 2.45) is 5.10 Å². The lowest BCUT2D eigenvalue weighted by molar-refractivity contribution is 0.0697. The van der Waals surface area contributed by atoms with Crippen LogP contribution in [0.2, 0.25) is 15.1 Å². The Morgan fingerprint density at radius 3 is 2.55 bits per heavy atom. The fourth-order valence-corrected chi connectivity index (χ4v) is 3.28. The lowest BCUT2D eigenvalue weighted by Gasteiger charge is -2.12. The maximum absolute atomic E-state index is 11.2. The van der Waals surface area contributed by atoms with Gasteiger partial charge in [0.25, 0.3) is 0 Å². The molecule has 160 valence electrons. The van der Waals surface area contributed by atoms with Gasteiger partial charge >= 0.3 is 5.97 Å². The fraction of sp³-hybridized carbons (Fsp3) is 0.0909. The molecule has 0 radical (unpaired) electrons. The monoisotopic (exact) mass is 478 g/mol. The number of anilines is 1. The number of ether oxygens (including phenoxy) is 2. The topological polar surface area (TPSA) is 80.2 Å². The van der Waals surface area contributed by atoms with Crippen molar-refractivity contribution in [1.29, 1.82) is 0 Å². The predicted molar refractivity (Wildman–Crippen MR) is 123 cm³/mol. The molecule has 0 aromatic heterocycles. The van der Waals surface area contributed by atoms with Gasteiger partial charge in [0.2, 0.25) is 0 Å². The van der Waals surface area contributed by atoms with Crippen molar-refractivity contribution in [2.45, 2.75) is 6.61 Å². The third kappa shape index (κ3) is 6.04. The summed E-state index contributed by atoms with van der Waals surface area (Å²) < 4.78 is 11.2. The Bertz CT molecular complexity index is 1140. The Hall–Kier alpha value is -2.93. The van der Waals surface area contributed by atoms with E-state index in [1.165, 1.54) is 19.2 Å². The van der Waals surface area contributed by atoms with Crippen LogP contribution in [0.25, 0.3) is 0 Å². The molecular formula is C22H17Cl3N2O4. The first-order chi connectivity index (χ1) is 14.9. The summed E-state index contributed by atoms with van der Waals surface area (Å²) in [6.07, 6.45) is 1.57. The minimum atomic E-state index is -1.11. The quantitative estimate of drug-likeness (QED) is 0.289. The summed E-state index contributed by atoms with van der Waals surface area (Å²) in [4.78, 5) is 11.2. The molecule has 9 heteroatoms. The van der Waals surface area contributed by atoms with Gasteiger partial charge in [-0.15, -0.1) is 0 Å². The standard InChI is InChI=1S/C22H17Cl3N2O4/c1-30-21-8-13(11-26-27-16-5-6-18(24)17(10-16)22(28)29)2-7-20(21)31-12-14-3-4-15(23)9-19(14)25/h2-11,27H,12H2,1H3,(H,28,29)/b26-11+. The number of benzene rings is 3. The highest BCUT2D eigenvalue weighted by molar-refractivity contribution is 6.35. The van der Waals surface area contributed by atoms with Gasteiger partial charge in [-0.1, -0.05) is 40.9 Å². The first kappa shape index (κ1) is 22.7. The van der Waals surface area contributed by atoms with Gasteiger partial charge in [0.1, 0.15) is 6.61 Å². The molecule has 0 aliphatic heterocycles. The average Bonchev–Trinajstić information content (AvgIpc) is 2.74. The van der Waals surface area contributed by atoms with Crippen molar-refractivity contribution >= 4 is 52.7 Å². The highest BCUT2D eigenvalue weighted by Crippen LogP contribution is 2.30. The van der Waals surface area contributed by atoms with Crippen LogP contribution in [-0.2, 0) is 6.61 Å². The third-order valence-electron chi connectivity index (χ3n) is 4.19. The van der Waals surface area contributed by atoms with Crippen molar-refractivity contribution in [2.75, 3.05) is 12.5 Å². The van der Waals surface area contributed by atoms with Crippen LogP contribution in [0.1, 0.15) is 21.5 Å². The molecule has 3 rings (SSSR count). The maximum Gasteiger partial charge on any atom is 0.337 e.